The van der Waals surface area contributed by atoms with Crippen LogP contribution in [0.2, 0.25) is 0 Å². The summed E-state index contributed by atoms with van der Waals surface area (Å²) in [6.45, 7) is 0. The van der Waals surface area contributed by atoms with Crippen molar-refractivity contribution in [2.75, 3.05) is 0 Å². The normalized spacial score (nSPS) is 14.0. The zero-order valence-corrected chi connectivity index (χ0v) is 15.5. The van der Waals surface area contributed by atoms with E-state index >= 15 is 0 Å². The maximum atomic E-state index is 14.1. The van der Waals surface area contributed by atoms with E-state index < -0.39 is 0 Å². The van der Waals surface area contributed by atoms with Crippen molar-refractivity contribution in [1.82, 2.24) is 14.8 Å². The van der Waals surface area contributed by atoms with Crippen LogP contribution in [0.15, 0.2) is 52.1 Å². The molecule has 0 spiro atoms. The van der Waals surface area contributed by atoms with Crippen LogP contribution < -0.4 is 0 Å². The fourth-order valence-electron chi connectivity index (χ4n) is 2.64. The van der Waals surface area contributed by atoms with Crippen molar-refractivity contribution < 1.29 is 8.78 Å². The first-order chi connectivity index (χ1) is 12.1. The third kappa shape index (κ3) is 3.48. The van der Waals surface area contributed by atoms with E-state index in [1.807, 2.05) is 10.6 Å². The molecule has 1 aliphatic carbocycles. The molecule has 25 heavy (non-hydrogen) atoms. The van der Waals surface area contributed by atoms with Gasteiger partial charge in [-0.2, -0.15) is 0 Å². The molecule has 0 radical (unpaired) electrons. The molecule has 0 aliphatic heterocycles. The molecule has 0 bridgehead atoms. The Morgan fingerprint density at radius 1 is 1.08 bits per heavy atom. The van der Waals surface area contributed by atoms with Gasteiger partial charge in [0, 0.05) is 16.3 Å². The van der Waals surface area contributed by atoms with Crippen LogP contribution in [0.4, 0.5) is 8.78 Å². The molecule has 1 aromatic heterocycles. The smallest absolute Gasteiger partial charge is 0.192 e. The van der Waals surface area contributed by atoms with Crippen molar-refractivity contribution >= 4 is 27.7 Å². The summed E-state index contributed by atoms with van der Waals surface area (Å²) in [7, 11) is 0. The number of hydrogen-bond donors (Lipinski definition) is 0. The van der Waals surface area contributed by atoms with Gasteiger partial charge in [-0.15, -0.1) is 10.2 Å². The molecule has 0 saturated heterocycles. The summed E-state index contributed by atoms with van der Waals surface area (Å²) < 4.78 is 30.9. The second-order valence-electron chi connectivity index (χ2n) is 5.91. The zero-order valence-electron chi connectivity index (χ0n) is 13.1. The Morgan fingerprint density at radius 3 is 2.60 bits per heavy atom. The molecule has 0 N–H and O–H groups in total. The number of benzene rings is 2. The van der Waals surface area contributed by atoms with Gasteiger partial charge in [0.05, 0.1) is 5.56 Å². The minimum atomic E-state index is -0.313. The molecular formula is C18H14BrF2N3S. The molecule has 7 heteroatoms. The van der Waals surface area contributed by atoms with Gasteiger partial charge < -0.3 is 0 Å². The largest absolute Gasteiger partial charge is 0.299 e. The summed E-state index contributed by atoms with van der Waals surface area (Å²) in [4.78, 5) is 0. The lowest BCUT2D eigenvalue weighted by Gasteiger charge is -2.09. The van der Waals surface area contributed by atoms with Crippen molar-refractivity contribution in [3.63, 3.8) is 0 Å². The van der Waals surface area contributed by atoms with Gasteiger partial charge in [-0.25, -0.2) is 8.78 Å². The van der Waals surface area contributed by atoms with E-state index in [2.05, 4.69) is 26.1 Å². The SMILES string of the molecule is Fc1cc(Br)ccc1CSc1nnc(-c2ccccc2F)n1C1CC1. The Hall–Kier alpha value is -1.73. The van der Waals surface area contributed by atoms with Gasteiger partial charge in [0.25, 0.3) is 0 Å². The summed E-state index contributed by atoms with van der Waals surface area (Å²) >= 11 is 4.68. The van der Waals surface area contributed by atoms with Crippen molar-refractivity contribution in [1.29, 1.82) is 0 Å². The van der Waals surface area contributed by atoms with Crippen LogP contribution in [-0.4, -0.2) is 14.8 Å². The lowest BCUT2D eigenvalue weighted by molar-refractivity contribution is 0.615. The highest BCUT2D eigenvalue weighted by Crippen LogP contribution is 2.42. The van der Waals surface area contributed by atoms with E-state index in [9.17, 15) is 8.78 Å². The summed E-state index contributed by atoms with van der Waals surface area (Å²) in [6, 6.07) is 11.9. The molecule has 2 aromatic carbocycles. The Labute approximate surface area is 156 Å². The second-order valence-corrected chi connectivity index (χ2v) is 7.77. The van der Waals surface area contributed by atoms with Gasteiger partial charge in [-0.1, -0.05) is 45.9 Å². The molecule has 3 nitrogen and oxygen atoms in total. The molecule has 3 aromatic rings. The number of aromatic nitrogens is 3. The van der Waals surface area contributed by atoms with E-state index in [1.54, 1.807) is 24.3 Å². The van der Waals surface area contributed by atoms with E-state index in [4.69, 9.17) is 0 Å². The van der Waals surface area contributed by atoms with Crippen LogP contribution in [0.5, 0.6) is 0 Å². The zero-order chi connectivity index (χ0) is 17.4. The highest BCUT2D eigenvalue weighted by Gasteiger charge is 2.30. The topological polar surface area (TPSA) is 30.7 Å². The van der Waals surface area contributed by atoms with Crippen LogP contribution in [0.3, 0.4) is 0 Å². The molecule has 128 valence electrons. The average Bonchev–Trinajstić information content (AvgIpc) is 3.35. The maximum Gasteiger partial charge on any atom is 0.192 e. The van der Waals surface area contributed by atoms with E-state index in [1.165, 1.54) is 23.9 Å². The second kappa shape index (κ2) is 6.88. The number of thioether (sulfide) groups is 1. The van der Waals surface area contributed by atoms with Gasteiger partial charge in [-0.3, -0.25) is 4.57 Å². The summed E-state index contributed by atoms with van der Waals surface area (Å²) in [5, 5.41) is 9.14. The molecule has 4 rings (SSSR count). The molecule has 1 aliphatic rings. The first-order valence-electron chi connectivity index (χ1n) is 7.90. The van der Waals surface area contributed by atoms with Gasteiger partial charge in [-0.05, 0) is 42.7 Å². The fraction of sp³-hybridized carbons (Fsp3) is 0.222. The van der Waals surface area contributed by atoms with Crippen molar-refractivity contribution in [2.45, 2.75) is 29.8 Å². The lowest BCUT2D eigenvalue weighted by atomic mass is 10.2. The highest BCUT2D eigenvalue weighted by molar-refractivity contribution is 9.10. The third-order valence-corrected chi connectivity index (χ3v) is 5.55. The number of halogens is 3. The van der Waals surface area contributed by atoms with Crippen LogP contribution in [0.1, 0.15) is 24.4 Å². The average molecular weight is 422 g/mol. The van der Waals surface area contributed by atoms with Gasteiger partial charge in [0.2, 0.25) is 0 Å². The lowest BCUT2D eigenvalue weighted by Crippen LogP contribution is -2.01. The molecule has 0 unspecified atom stereocenters. The Bertz CT molecular complexity index is 924. The van der Waals surface area contributed by atoms with E-state index in [0.29, 0.717) is 38.4 Å². The van der Waals surface area contributed by atoms with Crippen molar-refractivity contribution in [3.05, 3.63) is 64.1 Å². The summed E-state index contributed by atoms with van der Waals surface area (Å²) in [5.41, 5.74) is 1.05. The molecule has 1 saturated carbocycles. The predicted octanol–water partition coefficient (Wildman–Crippen LogP) is 5.61. The van der Waals surface area contributed by atoms with Crippen LogP contribution in [0, 0.1) is 11.6 Å². The fourth-order valence-corrected chi connectivity index (χ4v) is 3.97. The number of nitrogens with zero attached hydrogens (tertiary/aromatic N) is 3. The molecule has 1 fully saturated rings. The van der Waals surface area contributed by atoms with Crippen molar-refractivity contribution in [2.24, 2.45) is 0 Å². The summed E-state index contributed by atoms with van der Waals surface area (Å²) in [6.07, 6.45) is 2.05. The first kappa shape index (κ1) is 16.7. The van der Waals surface area contributed by atoms with Gasteiger partial charge >= 0.3 is 0 Å². The van der Waals surface area contributed by atoms with Crippen LogP contribution >= 0.6 is 27.7 Å². The maximum absolute atomic E-state index is 14.1. The van der Waals surface area contributed by atoms with Gasteiger partial charge in [0.1, 0.15) is 11.6 Å². The molecule has 0 amide bonds. The molecular weight excluding hydrogens is 408 g/mol. The third-order valence-electron chi connectivity index (χ3n) is 4.06. The Morgan fingerprint density at radius 2 is 1.88 bits per heavy atom. The standard InChI is InChI=1S/C18H14BrF2N3S/c19-12-6-5-11(16(21)9-12)10-25-18-23-22-17(24(18)13-7-8-13)14-3-1-2-4-15(14)20/h1-6,9,13H,7-8,10H2. The highest BCUT2D eigenvalue weighted by atomic mass is 79.9. The van der Waals surface area contributed by atoms with E-state index in [-0.39, 0.29) is 11.6 Å². The Balaban J connectivity index is 1.63. The Kier molecular flexibility index (Phi) is 4.60. The number of hydrogen-bond acceptors (Lipinski definition) is 3. The quantitative estimate of drug-likeness (QED) is 0.501. The van der Waals surface area contributed by atoms with Crippen LogP contribution in [0.25, 0.3) is 11.4 Å². The minimum absolute atomic E-state index is 0.256. The molecule has 0 atom stereocenters. The van der Waals surface area contributed by atoms with Crippen molar-refractivity contribution in [3.8, 4) is 11.4 Å². The van der Waals surface area contributed by atoms with Gasteiger partial charge in [0.15, 0.2) is 11.0 Å². The minimum Gasteiger partial charge on any atom is -0.299 e. The number of rotatable bonds is 5. The van der Waals surface area contributed by atoms with Crippen LogP contribution in [-0.2, 0) is 5.75 Å². The molecule has 1 heterocycles. The predicted molar refractivity (Wildman–Crippen MR) is 97.3 cm³/mol. The van der Waals surface area contributed by atoms with E-state index in [0.717, 1.165) is 12.8 Å². The monoisotopic (exact) mass is 421 g/mol. The summed E-state index contributed by atoms with van der Waals surface area (Å²) in [5.74, 6) is 0.418. The first-order valence-corrected chi connectivity index (χ1v) is 9.68.